The van der Waals surface area contributed by atoms with E-state index in [2.05, 4.69) is 9.97 Å². The van der Waals surface area contributed by atoms with Crippen molar-refractivity contribution in [2.24, 2.45) is 0 Å². The highest BCUT2D eigenvalue weighted by Gasteiger charge is 2.31. The Hall–Kier alpha value is -2.42. The molecular formula is C20H12Cl2F3N3OS. The van der Waals surface area contributed by atoms with Crippen LogP contribution in [0.2, 0.25) is 10.0 Å². The number of fused-ring (bicyclic) bond motifs is 1. The summed E-state index contributed by atoms with van der Waals surface area (Å²) in [5, 5.41) is 0.349. The van der Waals surface area contributed by atoms with Crippen molar-refractivity contribution in [3.05, 3.63) is 69.4 Å². The van der Waals surface area contributed by atoms with Gasteiger partial charge in [-0.2, -0.15) is 13.2 Å². The van der Waals surface area contributed by atoms with Gasteiger partial charge in [-0.05, 0) is 36.4 Å². The quantitative estimate of drug-likeness (QED) is 0.315. The number of carbonyl (C=O) groups is 1. The third-order valence-corrected chi connectivity index (χ3v) is 6.20. The van der Waals surface area contributed by atoms with Crippen LogP contribution in [0.4, 0.5) is 13.2 Å². The predicted molar refractivity (Wildman–Crippen MR) is 111 cm³/mol. The van der Waals surface area contributed by atoms with Gasteiger partial charge in [-0.1, -0.05) is 29.3 Å². The monoisotopic (exact) mass is 469 g/mol. The van der Waals surface area contributed by atoms with Gasteiger partial charge in [0.15, 0.2) is 5.78 Å². The Morgan fingerprint density at radius 2 is 1.87 bits per heavy atom. The number of hydrogen-bond donors (Lipinski definition) is 0. The Morgan fingerprint density at radius 3 is 2.57 bits per heavy atom. The lowest BCUT2D eigenvalue weighted by Gasteiger charge is -2.10. The molecular weight excluding hydrogens is 458 g/mol. The molecule has 0 bridgehead atoms. The Bertz CT molecular complexity index is 1240. The average Bonchev–Trinajstić information content (AvgIpc) is 3.28. The zero-order chi connectivity index (χ0) is 21.5. The highest BCUT2D eigenvalue weighted by molar-refractivity contribution is 7.17. The van der Waals surface area contributed by atoms with Gasteiger partial charge in [0, 0.05) is 6.20 Å². The third kappa shape index (κ3) is 4.35. The second kappa shape index (κ2) is 8.02. The maximum atomic E-state index is 13.1. The first-order valence-electron chi connectivity index (χ1n) is 8.66. The zero-order valence-electron chi connectivity index (χ0n) is 15.1. The van der Waals surface area contributed by atoms with Crippen molar-refractivity contribution in [1.29, 1.82) is 0 Å². The minimum Gasteiger partial charge on any atom is -0.320 e. The first kappa shape index (κ1) is 20.8. The van der Waals surface area contributed by atoms with E-state index in [-0.39, 0.29) is 33.7 Å². The molecule has 0 N–H and O–H groups in total. The Labute approximate surface area is 182 Å². The summed E-state index contributed by atoms with van der Waals surface area (Å²) in [5.74, 6) is -0.610. The normalized spacial score (nSPS) is 11.9. The SMILES string of the molecule is O=C(Cn1c(CC(F)(F)F)nc2cc(Cl)c(Cl)cc21)c1ccc(-c2ccccn2)s1. The van der Waals surface area contributed by atoms with Crippen LogP contribution in [-0.2, 0) is 13.0 Å². The van der Waals surface area contributed by atoms with Gasteiger partial charge in [0.2, 0.25) is 0 Å². The number of aromatic nitrogens is 3. The molecule has 4 nitrogen and oxygen atoms in total. The van der Waals surface area contributed by atoms with Gasteiger partial charge >= 0.3 is 6.18 Å². The molecule has 0 aliphatic rings. The lowest BCUT2D eigenvalue weighted by molar-refractivity contribution is -0.128. The van der Waals surface area contributed by atoms with E-state index in [1.54, 1.807) is 24.4 Å². The van der Waals surface area contributed by atoms with Crippen LogP contribution in [0, 0.1) is 0 Å². The number of Topliss-reactive ketones (excluding diaryl/α,β-unsaturated/α-hetero) is 1. The van der Waals surface area contributed by atoms with Crippen molar-refractivity contribution >= 4 is 51.4 Å². The molecule has 4 rings (SSSR count). The molecule has 0 fully saturated rings. The van der Waals surface area contributed by atoms with Crippen LogP contribution in [0.15, 0.2) is 48.7 Å². The van der Waals surface area contributed by atoms with Crippen LogP contribution < -0.4 is 0 Å². The number of ketones is 1. The largest absolute Gasteiger partial charge is 0.396 e. The highest BCUT2D eigenvalue weighted by atomic mass is 35.5. The molecule has 0 saturated heterocycles. The van der Waals surface area contributed by atoms with Crippen molar-refractivity contribution in [2.45, 2.75) is 19.1 Å². The zero-order valence-corrected chi connectivity index (χ0v) is 17.4. The van der Waals surface area contributed by atoms with Gasteiger partial charge < -0.3 is 4.57 Å². The number of nitrogens with zero attached hydrogens (tertiary/aromatic N) is 3. The summed E-state index contributed by atoms with van der Waals surface area (Å²) in [4.78, 5) is 22.4. The molecule has 3 aromatic heterocycles. The Morgan fingerprint density at radius 1 is 1.10 bits per heavy atom. The van der Waals surface area contributed by atoms with Crippen molar-refractivity contribution in [2.75, 3.05) is 0 Å². The van der Waals surface area contributed by atoms with Crippen LogP contribution in [-0.4, -0.2) is 26.5 Å². The molecule has 0 unspecified atom stereocenters. The molecule has 0 aliphatic carbocycles. The first-order valence-corrected chi connectivity index (χ1v) is 10.2. The Balaban J connectivity index is 1.70. The standard InChI is InChI=1S/C20H12Cl2F3N3OS/c21-11-7-14-15(8-12(11)22)28(19(27-14)9-20(23,24)25)10-16(29)18-5-4-17(30-18)13-3-1-2-6-26-13/h1-8H,9-10H2. The maximum Gasteiger partial charge on any atom is 0.396 e. The second-order valence-corrected chi connectivity index (χ2v) is 8.36. The third-order valence-electron chi connectivity index (χ3n) is 4.33. The van der Waals surface area contributed by atoms with Gasteiger partial charge in [-0.15, -0.1) is 11.3 Å². The van der Waals surface area contributed by atoms with E-state index in [4.69, 9.17) is 23.2 Å². The Kier molecular flexibility index (Phi) is 5.57. The molecule has 3 heterocycles. The van der Waals surface area contributed by atoms with Gasteiger partial charge in [-0.25, -0.2) is 4.98 Å². The molecule has 0 aliphatic heterocycles. The molecule has 10 heteroatoms. The molecule has 0 atom stereocenters. The number of hydrogen-bond acceptors (Lipinski definition) is 4. The summed E-state index contributed by atoms with van der Waals surface area (Å²) < 4.78 is 40.4. The van der Waals surface area contributed by atoms with E-state index in [1.165, 1.54) is 28.0 Å². The number of halogens is 5. The van der Waals surface area contributed by atoms with Crippen molar-refractivity contribution in [3.8, 4) is 10.6 Å². The van der Waals surface area contributed by atoms with E-state index in [0.29, 0.717) is 16.1 Å². The van der Waals surface area contributed by atoms with Crippen LogP contribution >= 0.6 is 34.5 Å². The number of imidazole rings is 1. The topological polar surface area (TPSA) is 47.8 Å². The number of rotatable bonds is 5. The summed E-state index contributed by atoms with van der Waals surface area (Å²) >= 11 is 13.2. The number of carbonyl (C=O) groups excluding carboxylic acids is 1. The average molecular weight is 470 g/mol. The smallest absolute Gasteiger partial charge is 0.320 e. The van der Waals surface area contributed by atoms with E-state index < -0.39 is 12.6 Å². The number of pyridine rings is 1. The summed E-state index contributed by atoms with van der Waals surface area (Å²) in [6.07, 6.45) is -4.11. The number of thiophene rings is 1. The summed E-state index contributed by atoms with van der Waals surface area (Å²) in [6, 6.07) is 11.7. The number of alkyl halides is 3. The molecule has 30 heavy (non-hydrogen) atoms. The first-order chi connectivity index (χ1) is 14.2. The van der Waals surface area contributed by atoms with Crippen LogP contribution in [0.3, 0.4) is 0 Å². The van der Waals surface area contributed by atoms with E-state index in [1.807, 2.05) is 12.1 Å². The van der Waals surface area contributed by atoms with E-state index in [9.17, 15) is 18.0 Å². The molecule has 0 saturated carbocycles. The van der Waals surface area contributed by atoms with E-state index >= 15 is 0 Å². The highest BCUT2D eigenvalue weighted by Crippen LogP contribution is 2.32. The van der Waals surface area contributed by atoms with Gasteiger partial charge in [0.25, 0.3) is 0 Å². The van der Waals surface area contributed by atoms with Crippen LogP contribution in [0.1, 0.15) is 15.5 Å². The lowest BCUT2D eigenvalue weighted by Crippen LogP contribution is -2.19. The summed E-state index contributed by atoms with van der Waals surface area (Å²) in [7, 11) is 0. The van der Waals surface area contributed by atoms with Crippen LogP contribution in [0.25, 0.3) is 21.6 Å². The van der Waals surface area contributed by atoms with E-state index in [0.717, 1.165) is 4.88 Å². The molecule has 4 aromatic rings. The summed E-state index contributed by atoms with van der Waals surface area (Å²) in [6.45, 7) is -0.304. The van der Waals surface area contributed by atoms with Crippen molar-refractivity contribution in [3.63, 3.8) is 0 Å². The minimum absolute atomic E-state index is 0.171. The molecule has 0 amide bonds. The number of benzene rings is 1. The van der Waals surface area contributed by atoms with Gasteiger partial charge in [0.1, 0.15) is 12.2 Å². The maximum absolute atomic E-state index is 13.1. The molecule has 0 spiro atoms. The van der Waals surface area contributed by atoms with Gasteiger partial charge in [0.05, 0.1) is 43.1 Å². The van der Waals surface area contributed by atoms with Gasteiger partial charge in [-0.3, -0.25) is 9.78 Å². The second-order valence-electron chi connectivity index (χ2n) is 6.46. The summed E-state index contributed by atoms with van der Waals surface area (Å²) in [5.41, 5.74) is 1.28. The minimum atomic E-state index is -4.48. The van der Waals surface area contributed by atoms with Crippen LogP contribution in [0.5, 0.6) is 0 Å². The fourth-order valence-electron chi connectivity index (χ4n) is 3.02. The molecule has 0 radical (unpaired) electrons. The fourth-order valence-corrected chi connectivity index (χ4v) is 4.24. The molecule has 154 valence electrons. The molecule has 1 aromatic carbocycles. The predicted octanol–water partition coefficient (Wildman–Crippen LogP) is 6.45. The lowest BCUT2D eigenvalue weighted by atomic mass is 10.2. The van der Waals surface area contributed by atoms with Crippen molar-refractivity contribution in [1.82, 2.24) is 14.5 Å². The fraction of sp³-hybridized carbons (Fsp3) is 0.150. The van der Waals surface area contributed by atoms with Crippen molar-refractivity contribution < 1.29 is 18.0 Å².